The van der Waals surface area contributed by atoms with Crippen LogP contribution in [0.1, 0.15) is 0 Å². The Kier molecular flexibility index (Phi) is 7.38. The lowest BCUT2D eigenvalue weighted by Gasteiger charge is -2.13. The summed E-state index contributed by atoms with van der Waals surface area (Å²) in [7, 11) is 0. The van der Waals surface area contributed by atoms with Gasteiger partial charge in [0.2, 0.25) is 0 Å². The third-order valence-electron chi connectivity index (χ3n) is 10.7. The SMILES string of the molecule is c1ccc(-n2c3cc(-c4ccc5c(c4)c4ccccc4n5-c4cccc(-c5cc(-c6ccccn6)nc(-c6ccccn6)c5)c4)ccc3c3cccnc32)cc1. The number of pyridine rings is 4. The number of benzene rings is 5. The molecule has 0 atom stereocenters. The quantitative estimate of drug-likeness (QED) is 0.172. The Morgan fingerprint density at radius 1 is 0.304 bits per heavy atom. The molecule has 6 heterocycles. The van der Waals surface area contributed by atoms with Gasteiger partial charge in [0.25, 0.3) is 0 Å². The molecule has 0 aliphatic carbocycles. The maximum atomic E-state index is 5.00. The fourth-order valence-corrected chi connectivity index (χ4v) is 8.11. The molecule has 6 heteroatoms. The first-order valence-electron chi connectivity index (χ1n) is 18.7. The molecule has 6 aromatic heterocycles. The Morgan fingerprint density at radius 2 is 0.929 bits per heavy atom. The number of hydrogen-bond donors (Lipinski definition) is 0. The summed E-state index contributed by atoms with van der Waals surface area (Å²) >= 11 is 0. The van der Waals surface area contributed by atoms with Gasteiger partial charge in [0.15, 0.2) is 0 Å². The predicted octanol–water partition coefficient (Wildman–Crippen LogP) is 12.1. The van der Waals surface area contributed by atoms with Gasteiger partial charge >= 0.3 is 0 Å². The van der Waals surface area contributed by atoms with Crippen LogP contribution in [0.5, 0.6) is 0 Å². The normalized spacial score (nSPS) is 11.6. The van der Waals surface area contributed by atoms with E-state index in [9.17, 15) is 0 Å². The molecule has 0 aliphatic rings. The van der Waals surface area contributed by atoms with Crippen molar-refractivity contribution < 1.29 is 0 Å². The van der Waals surface area contributed by atoms with Crippen molar-refractivity contribution in [3.05, 3.63) is 195 Å². The predicted molar refractivity (Wildman–Crippen MR) is 228 cm³/mol. The van der Waals surface area contributed by atoms with Gasteiger partial charge in [0, 0.05) is 51.5 Å². The minimum absolute atomic E-state index is 0.803. The van der Waals surface area contributed by atoms with Crippen LogP contribution in [0, 0.1) is 0 Å². The monoisotopic (exact) mass is 716 g/mol. The molecule has 0 saturated carbocycles. The number of hydrogen-bond acceptors (Lipinski definition) is 4. The summed E-state index contributed by atoms with van der Waals surface area (Å²) in [4.78, 5) is 19.1. The summed E-state index contributed by atoms with van der Waals surface area (Å²) in [5.74, 6) is 0. The molecule has 0 radical (unpaired) electrons. The van der Waals surface area contributed by atoms with Crippen molar-refractivity contribution in [2.75, 3.05) is 0 Å². The summed E-state index contributed by atoms with van der Waals surface area (Å²) < 4.78 is 4.65. The van der Waals surface area contributed by atoms with Crippen molar-refractivity contribution in [3.63, 3.8) is 0 Å². The van der Waals surface area contributed by atoms with Gasteiger partial charge in [-0.05, 0) is 119 Å². The summed E-state index contributed by atoms with van der Waals surface area (Å²) in [6.07, 6.45) is 5.48. The van der Waals surface area contributed by atoms with E-state index in [1.807, 2.05) is 48.7 Å². The zero-order valence-electron chi connectivity index (χ0n) is 30.2. The molecule has 0 fully saturated rings. The molecule has 0 bridgehead atoms. The molecule has 5 aromatic carbocycles. The van der Waals surface area contributed by atoms with Crippen LogP contribution in [0.3, 0.4) is 0 Å². The van der Waals surface area contributed by atoms with Crippen LogP contribution in [0.4, 0.5) is 0 Å². The highest BCUT2D eigenvalue weighted by Gasteiger charge is 2.17. The van der Waals surface area contributed by atoms with Gasteiger partial charge in [-0.3, -0.25) is 14.5 Å². The highest BCUT2D eigenvalue weighted by atomic mass is 15.0. The van der Waals surface area contributed by atoms with Gasteiger partial charge in [-0.2, -0.15) is 0 Å². The lowest BCUT2D eigenvalue weighted by Crippen LogP contribution is -1.96. The topological polar surface area (TPSA) is 61.4 Å². The fourth-order valence-electron chi connectivity index (χ4n) is 8.11. The van der Waals surface area contributed by atoms with Gasteiger partial charge in [-0.25, -0.2) is 9.97 Å². The molecular weight excluding hydrogens is 685 g/mol. The second-order valence-electron chi connectivity index (χ2n) is 14.0. The molecule has 0 unspecified atom stereocenters. The molecule has 11 rings (SSSR count). The van der Waals surface area contributed by atoms with E-state index in [0.717, 1.165) is 84.0 Å². The molecule has 0 N–H and O–H groups in total. The van der Waals surface area contributed by atoms with Crippen LogP contribution in [-0.2, 0) is 0 Å². The van der Waals surface area contributed by atoms with Gasteiger partial charge in [0.1, 0.15) is 5.65 Å². The largest absolute Gasteiger partial charge is 0.309 e. The zero-order chi connectivity index (χ0) is 37.0. The van der Waals surface area contributed by atoms with Crippen molar-refractivity contribution in [2.24, 2.45) is 0 Å². The Hall–Kier alpha value is -7.70. The molecule has 262 valence electrons. The average Bonchev–Trinajstić information content (AvgIpc) is 3.79. The maximum Gasteiger partial charge on any atom is 0.145 e. The minimum Gasteiger partial charge on any atom is -0.309 e. The van der Waals surface area contributed by atoms with E-state index in [0.29, 0.717) is 0 Å². The number of rotatable bonds is 6. The third-order valence-corrected chi connectivity index (χ3v) is 10.7. The first kappa shape index (κ1) is 31.8. The van der Waals surface area contributed by atoms with Crippen LogP contribution in [0.2, 0.25) is 0 Å². The fraction of sp³-hybridized carbons (Fsp3) is 0. The van der Waals surface area contributed by atoms with E-state index >= 15 is 0 Å². The number of fused-ring (bicyclic) bond motifs is 6. The lowest BCUT2D eigenvalue weighted by atomic mass is 10.0. The Balaban J connectivity index is 1.06. The van der Waals surface area contributed by atoms with Gasteiger partial charge in [0.05, 0.1) is 39.3 Å². The average molecular weight is 717 g/mol. The second kappa shape index (κ2) is 13.0. The Bertz CT molecular complexity index is 3180. The molecule has 11 aromatic rings. The van der Waals surface area contributed by atoms with Crippen LogP contribution >= 0.6 is 0 Å². The van der Waals surface area contributed by atoms with Gasteiger partial charge in [-0.15, -0.1) is 0 Å². The standard InChI is InChI=1S/C50H32N6/c1-2-13-37(14-3-1)56-49-32-35(21-23-40(49)41-17-11-27-53-50(41)56)34-22-24-48-42(29-34)39-16-4-5-20-47(39)55(48)38-15-10-12-33(28-38)36-30-45(43-18-6-8-25-51-43)54-46(31-36)44-19-7-9-26-52-44/h1-32H. The summed E-state index contributed by atoms with van der Waals surface area (Å²) in [6.45, 7) is 0. The van der Waals surface area contributed by atoms with Gasteiger partial charge in [-0.1, -0.05) is 78.9 Å². The Morgan fingerprint density at radius 3 is 1.71 bits per heavy atom. The van der Waals surface area contributed by atoms with E-state index in [4.69, 9.17) is 9.97 Å². The maximum absolute atomic E-state index is 5.00. The minimum atomic E-state index is 0.803. The van der Waals surface area contributed by atoms with Crippen molar-refractivity contribution in [2.45, 2.75) is 0 Å². The van der Waals surface area contributed by atoms with Crippen molar-refractivity contribution in [1.29, 1.82) is 0 Å². The molecule has 0 spiro atoms. The van der Waals surface area contributed by atoms with Crippen molar-refractivity contribution >= 4 is 43.7 Å². The van der Waals surface area contributed by atoms with Crippen LogP contribution < -0.4 is 0 Å². The smallest absolute Gasteiger partial charge is 0.145 e. The van der Waals surface area contributed by atoms with Crippen molar-refractivity contribution in [1.82, 2.24) is 29.1 Å². The molecule has 0 aliphatic heterocycles. The molecule has 0 saturated heterocycles. The zero-order valence-corrected chi connectivity index (χ0v) is 30.2. The highest BCUT2D eigenvalue weighted by Crippen LogP contribution is 2.39. The van der Waals surface area contributed by atoms with Crippen molar-refractivity contribution in [3.8, 4) is 56.4 Å². The second-order valence-corrected chi connectivity index (χ2v) is 14.0. The number of nitrogens with zero attached hydrogens (tertiary/aromatic N) is 6. The Labute approximate surface area is 322 Å². The summed E-state index contributed by atoms with van der Waals surface area (Å²) in [6, 6.07) is 61.8. The van der Waals surface area contributed by atoms with Gasteiger partial charge < -0.3 is 4.57 Å². The first-order chi connectivity index (χ1) is 27.8. The highest BCUT2D eigenvalue weighted by molar-refractivity contribution is 6.12. The molecule has 0 amide bonds. The molecule has 56 heavy (non-hydrogen) atoms. The van der Waals surface area contributed by atoms with E-state index in [1.165, 1.54) is 16.2 Å². The van der Waals surface area contributed by atoms with Crippen LogP contribution in [0.15, 0.2) is 195 Å². The van der Waals surface area contributed by atoms with E-state index in [1.54, 1.807) is 12.4 Å². The van der Waals surface area contributed by atoms with Crippen LogP contribution in [-0.4, -0.2) is 29.1 Å². The number of aromatic nitrogens is 6. The first-order valence-corrected chi connectivity index (χ1v) is 18.7. The lowest BCUT2D eigenvalue weighted by molar-refractivity contribution is 1.14. The third kappa shape index (κ3) is 5.27. The van der Waals surface area contributed by atoms with Crippen LogP contribution in [0.25, 0.3) is 100 Å². The number of para-hydroxylation sites is 2. The molecular formula is C50H32N6. The summed E-state index contributed by atoms with van der Waals surface area (Å²) in [5, 5.41) is 4.74. The summed E-state index contributed by atoms with van der Waals surface area (Å²) in [5.41, 5.74) is 14.3. The van der Waals surface area contributed by atoms with E-state index in [2.05, 4.69) is 153 Å². The molecule has 6 nitrogen and oxygen atoms in total. The van der Waals surface area contributed by atoms with E-state index < -0.39 is 0 Å². The van der Waals surface area contributed by atoms with E-state index in [-0.39, 0.29) is 0 Å².